The normalized spacial score (nSPS) is 10.3. The number of rotatable bonds is 4. The Morgan fingerprint density at radius 3 is 2.48 bits per heavy atom. The van der Waals surface area contributed by atoms with Gasteiger partial charge in [0.1, 0.15) is 0 Å². The summed E-state index contributed by atoms with van der Waals surface area (Å²) >= 11 is 0. The number of benzene rings is 2. The van der Waals surface area contributed by atoms with Crippen molar-refractivity contribution < 1.29 is 4.79 Å². The maximum atomic E-state index is 12.1. The number of carbonyl (C=O) groups excluding carboxylic acids is 1. The zero-order valence-corrected chi connectivity index (χ0v) is 11.4. The summed E-state index contributed by atoms with van der Waals surface area (Å²) in [5, 5.41) is 2.91. The predicted molar refractivity (Wildman–Crippen MR) is 81.2 cm³/mol. The zero-order valence-electron chi connectivity index (χ0n) is 11.4. The van der Waals surface area contributed by atoms with Crippen LogP contribution in [0.3, 0.4) is 0 Å². The lowest BCUT2D eigenvalue weighted by molar-refractivity contribution is 0.0951. The molecular formula is C17H15N3O. The van der Waals surface area contributed by atoms with Crippen LogP contribution >= 0.6 is 0 Å². The number of carbonyl (C=O) groups is 1. The summed E-state index contributed by atoms with van der Waals surface area (Å²) in [6.07, 6.45) is 5.31. The van der Waals surface area contributed by atoms with Crippen LogP contribution in [-0.4, -0.2) is 15.5 Å². The molecule has 2 aromatic carbocycles. The van der Waals surface area contributed by atoms with Crippen molar-refractivity contribution in [3.05, 3.63) is 84.4 Å². The van der Waals surface area contributed by atoms with E-state index in [0.29, 0.717) is 12.1 Å². The smallest absolute Gasteiger partial charge is 0.251 e. The molecule has 0 saturated heterocycles. The van der Waals surface area contributed by atoms with E-state index in [1.807, 2.05) is 65.4 Å². The topological polar surface area (TPSA) is 46.9 Å². The molecule has 4 nitrogen and oxygen atoms in total. The first-order chi connectivity index (χ1) is 10.3. The van der Waals surface area contributed by atoms with E-state index in [9.17, 15) is 4.79 Å². The van der Waals surface area contributed by atoms with Crippen LogP contribution in [-0.2, 0) is 6.54 Å². The number of nitrogens with zero attached hydrogens (tertiary/aromatic N) is 2. The van der Waals surface area contributed by atoms with Gasteiger partial charge in [0, 0.05) is 30.2 Å². The Balaban J connectivity index is 1.65. The second kappa shape index (κ2) is 6.05. The van der Waals surface area contributed by atoms with Gasteiger partial charge in [0.2, 0.25) is 0 Å². The third-order valence-corrected chi connectivity index (χ3v) is 3.23. The largest absolute Gasteiger partial charge is 0.348 e. The van der Waals surface area contributed by atoms with Crippen molar-refractivity contribution in [2.24, 2.45) is 0 Å². The van der Waals surface area contributed by atoms with Crippen molar-refractivity contribution in [2.45, 2.75) is 6.54 Å². The molecule has 0 unspecified atom stereocenters. The minimum absolute atomic E-state index is 0.0731. The van der Waals surface area contributed by atoms with E-state index >= 15 is 0 Å². The van der Waals surface area contributed by atoms with Crippen LogP contribution in [0.5, 0.6) is 0 Å². The Morgan fingerprint density at radius 2 is 1.81 bits per heavy atom. The van der Waals surface area contributed by atoms with Gasteiger partial charge < -0.3 is 9.88 Å². The summed E-state index contributed by atoms with van der Waals surface area (Å²) in [4.78, 5) is 16.1. The molecule has 0 radical (unpaired) electrons. The molecule has 0 atom stereocenters. The first kappa shape index (κ1) is 13.1. The Morgan fingerprint density at radius 1 is 1.05 bits per heavy atom. The predicted octanol–water partition coefficient (Wildman–Crippen LogP) is 2.80. The summed E-state index contributed by atoms with van der Waals surface area (Å²) in [7, 11) is 0. The molecule has 3 rings (SSSR count). The van der Waals surface area contributed by atoms with Gasteiger partial charge in [-0.3, -0.25) is 4.79 Å². The van der Waals surface area contributed by atoms with E-state index < -0.39 is 0 Å². The van der Waals surface area contributed by atoms with E-state index in [0.717, 1.165) is 11.3 Å². The number of amides is 1. The van der Waals surface area contributed by atoms with Crippen LogP contribution in [0.4, 0.5) is 0 Å². The molecule has 21 heavy (non-hydrogen) atoms. The molecule has 1 heterocycles. The summed E-state index contributed by atoms with van der Waals surface area (Å²) in [6.45, 7) is 0.531. The molecule has 1 amide bonds. The van der Waals surface area contributed by atoms with Crippen molar-refractivity contribution in [3.63, 3.8) is 0 Å². The second-order valence-corrected chi connectivity index (χ2v) is 4.69. The van der Waals surface area contributed by atoms with Gasteiger partial charge in [-0.25, -0.2) is 4.98 Å². The number of aromatic nitrogens is 2. The number of hydrogen-bond acceptors (Lipinski definition) is 2. The molecule has 4 heteroatoms. The van der Waals surface area contributed by atoms with E-state index in [1.54, 1.807) is 12.5 Å². The first-order valence-corrected chi connectivity index (χ1v) is 6.73. The Kier molecular flexibility index (Phi) is 3.78. The highest BCUT2D eigenvalue weighted by atomic mass is 16.1. The highest BCUT2D eigenvalue weighted by molar-refractivity contribution is 5.94. The molecule has 0 aliphatic carbocycles. The van der Waals surface area contributed by atoms with Gasteiger partial charge >= 0.3 is 0 Å². The summed E-state index contributed by atoms with van der Waals surface area (Å²) < 4.78 is 1.89. The van der Waals surface area contributed by atoms with Crippen LogP contribution in [0.25, 0.3) is 5.69 Å². The number of hydrogen-bond donors (Lipinski definition) is 1. The van der Waals surface area contributed by atoms with Gasteiger partial charge in [-0.2, -0.15) is 0 Å². The van der Waals surface area contributed by atoms with Crippen molar-refractivity contribution in [1.29, 1.82) is 0 Å². The molecule has 0 fully saturated rings. The SMILES string of the molecule is O=C(NCc1ccccc1)c1ccc(-n2ccnc2)cc1. The lowest BCUT2D eigenvalue weighted by Crippen LogP contribution is -2.22. The average Bonchev–Trinajstić information content (AvgIpc) is 3.08. The van der Waals surface area contributed by atoms with Gasteiger partial charge in [-0.15, -0.1) is 0 Å². The Bertz CT molecular complexity index is 704. The lowest BCUT2D eigenvalue weighted by atomic mass is 10.1. The average molecular weight is 277 g/mol. The fourth-order valence-electron chi connectivity index (χ4n) is 2.08. The molecule has 0 aliphatic heterocycles. The highest BCUT2D eigenvalue weighted by Gasteiger charge is 2.05. The van der Waals surface area contributed by atoms with E-state index in [4.69, 9.17) is 0 Å². The second-order valence-electron chi connectivity index (χ2n) is 4.69. The quantitative estimate of drug-likeness (QED) is 0.797. The van der Waals surface area contributed by atoms with E-state index in [2.05, 4.69) is 10.3 Å². The third-order valence-electron chi connectivity index (χ3n) is 3.23. The standard InChI is InChI=1S/C17H15N3O/c21-17(19-12-14-4-2-1-3-5-14)15-6-8-16(9-7-15)20-11-10-18-13-20/h1-11,13H,12H2,(H,19,21). The van der Waals surface area contributed by atoms with E-state index in [-0.39, 0.29) is 5.91 Å². The van der Waals surface area contributed by atoms with Gasteiger partial charge in [0.05, 0.1) is 6.33 Å². The monoisotopic (exact) mass is 277 g/mol. The van der Waals surface area contributed by atoms with E-state index in [1.165, 1.54) is 0 Å². The molecule has 1 aromatic heterocycles. The summed E-state index contributed by atoms with van der Waals surface area (Å²) in [5.41, 5.74) is 2.71. The minimum atomic E-state index is -0.0731. The molecule has 104 valence electrons. The third kappa shape index (κ3) is 3.17. The maximum Gasteiger partial charge on any atom is 0.251 e. The lowest BCUT2D eigenvalue weighted by Gasteiger charge is -2.07. The van der Waals surface area contributed by atoms with Gasteiger partial charge in [-0.1, -0.05) is 30.3 Å². The van der Waals surface area contributed by atoms with Gasteiger partial charge in [-0.05, 0) is 29.8 Å². The Labute approximate surface area is 123 Å². The zero-order chi connectivity index (χ0) is 14.5. The molecule has 3 aromatic rings. The van der Waals surface area contributed by atoms with Gasteiger partial charge in [0.25, 0.3) is 5.91 Å². The fourth-order valence-corrected chi connectivity index (χ4v) is 2.08. The molecule has 0 saturated carbocycles. The van der Waals surface area contributed by atoms with Crippen LogP contribution < -0.4 is 5.32 Å². The van der Waals surface area contributed by atoms with Crippen molar-refractivity contribution in [3.8, 4) is 5.69 Å². The van der Waals surface area contributed by atoms with Crippen LogP contribution in [0.15, 0.2) is 73.3 Å². The van der Waals surface area contributed by atoms with Crippen molar-refractivity contribution in [2.75, 3.05) is 0 Å². The van der Waals surface area contributed by atoms with Crippen LogP contribution in [0, 0.1) is 0 Å². The van der Waals surface area contributed by atoms with Crippen molar-refractivity contribution >= 4 is 5.91 Å². The molecule has 0 spiro atoms. The molecule has 0 aliphatic rings. The molecule has 1 N–H and O–H groups in total. The molecular weight excluding hydrogens is 262 g/mol. The van der Waals surface area contributed by atoms with Crippen molar-refractivity contribution in [1.82, 2.24) is 14.9 Å². The maximum absolute atomic E-state index is 12.1. The molecule has 0 bridgehead atoms. The number of nitrogens with one attached hydrogen (secondary N) is 1. The minimum Gasteiger partial charge on any atom is -0.348 e. The number of imidazole rings is 1. The van der Waals surface area contributed by atoms with Crippen LogP contribution in [0.1, 0.15) is 15.9 Å². The fraction of sp³-hybridized carbons (Fsp3) is 0.0588. The van der Waals surface area contributed by atoms with Gasteiger partial charge in [0.15, 0.2) is 0 Å². The summed E-state index contributed by atoms with van der Waals surface area (Å²) in [5.74, 6) is -0.0731. The first-order valence-electron chi connectivity index (χ1n) is 6.73. The Hall–Kier alpha value is -2.88. The highest BCUT2D eigenvalue weighted by Crippen LogP contribution is 2.09. The van der Waals surface area contributed by atoms with Crippen LogP contribution in [0.2, 0.25) is 0 Å². The summed E-state index contributed by atoms with van der Waals surface area (Å²) in [6, 6.07) is 17.3.